The number of halogens is 1. The Morgan fingerprint density at radius 2 is 2.21 bits per heavy atom. The molecule has 0 bridgehead atoms. The van der Waals surface area contributed by atoms with Crippen LogP contribution in [0.15, 0.2) is 29.4 Å². The monoisotopic (exact) mass is 281 g/mol. The van der Waals surface area contributed by atoms with Crippen LogP contribution < -0.4 is 5.32 Å². The molecule has 0 unspecified atom stereocenters. The summed E-state index contributed by atoms with van der Waals surface area (Å²) in [6, 6.07) is 6.82. The highest BCUT2D eigenvalue weighted by atomic mass is 32.2. The zero-order chi connectivity index (χ0) is 13.5. The molecule has 0 atom stereocenters. The van der Waals surface area contributed by atoms with Crippen molar-refractivity contribution >= 4 is 11.8 Å². The van der Waals surface area contributed by atoms with Gasteiger partial charge in [-0.1, -0.05) is 30.0 Å². The molecule has 19 heavy (non-hydrogen) atoms. The van der Waals surface area contributed by atoms with Gasteiger partial charge in [0.05, 0.1) is 0 Å². The third-order valence-corrected chi connectivity index (χ3v) is 3.68. The Morgan fingerprint density at radius 1 is 1.37 bits per heavy atom. The first kappa shape index (κ1) is 14.0. The number of aryl methyl sites for hydroxylation is 1. The van der Waals surface area contributed by atoms with Gasteiger partial charge in [-0.2, -0.15) is 0 Å². The Balaban J connectivity index is 1.60. The molecule has 102 valence electrons. The molecule has 0 aliphatic heterocycles. The number of tetrazole rings is 1. The van der Waals surface area contributed by atoms with Crippen LogP contribution >= 0.6 is 11.8 Å². The summed E-state index contributed by atoms with van der Waals surface area (Å²) < 4.78 is 15.0. The Kier molecular flexibility index (Phi) is 5.29. The number of benzene rings is 1. The average Bonchev–Trinajstić information content (AvgIpc) is 2.81. The van der Waals surface area contributed by atoms with Gasteiger partial charge in [0.15, 0.2) is 0 Å². The molecule has 0 saturated heterocycles. The summed E-state index contributed by atoms with van der Waals surface area (Å²) in [7, 11) is 1.82. The smallest absolute Gasteiger partial charge is 0.209 e. The second kappa shape index (κ2) is 7.20. The topological polar surface area (TPSA) is 55.6 Å². The zero-order valence-corrected chi connectivity index (χ0v) is 11.5. The third kappa shape index (κ3) is 4.29. The quantitative estimate of drug-likeness (QED) is 0.617. The van der Waals surface area contributed by atoms with Gasteiger partial charge in [-0.25, -0.2) is 9.07 Å². The van der Waals surface area contributed by atoms with Gasteiger partial charge in [-0.05, 0) is 29.5 Å². The van der Waals surface area contributed by atoms with Gasteiger partial charge >= 0.3 is 0 Å². The van der Waals surface area contributed by atoms with Crippen molar-refractivity contribution in [3.63, 3.8) is 0 Å². The van der Waals surface area contributed by atoms with Gasteiger partial charge < -0.3 is 5.32 Å². The van der Waals surface area contributed by atoms with Gasteiger partial charge in [-0.15, -0.1) is 5.10 Å². The maximum absolute atomic E-state index is 13.3. The van der Waals surface area contributed by atoms with Crippen LogP contribution in [0, 0.1) is 5.82 Å². The van der Waals surface area contributed by atoms with Crippen LogP contribution in [0.2, 0.25) is 0 Å². The van der Waals surface area contributed by atoms with E-state index in [1.54, 1.807) is 28.6 Å². The van der Waals surface area contributed by atoms with Gasteiger partial charge in [0, 0.05) is 24.9 Å². The first-order chi connectivity index (χ1) is 9.27. The van der Waals surface area contributed by atoms with Crippen molar-refractivity contribution in [3.05, 3.63) is 35.6 Å². The second-order valence-corrected chi connectivity index (χ2v) is 5.12. The minimum atomic E-state index is -0.158. The van der Waals surface area contributed by atoms with Crippen LogP contribution in [0.4, 0.5) is 4.39 Å². The molecule has 0 radical (unpaired) electrons. The Bertz CT molecular complexity index is 516. The van der Waals surface area contributed by atoms with E-state index >= 15 is 0 Å². The van der Waals surface area contributed by atoms with Crippen molar-refractivity contribution in [2.75, 3.05) is 12.3 Å². The molecule has 5 nitrogen and oxygen atoms in total. The molecule has 0 aliphatic rings. The number of hydrogen-bond donors (Lipinski definition) is 1. The zero-order valence-electron chi connectivity index (χ0n) is 10.7. The van der Waals surface area contributed by atoms with Gasteiger partial charge in [-0.3, -0.25) is 0 Å². The lowest BCUT2D eigenvalue weighted by atomic mass is 10.2. The molecule has 0 amide bonds. The Hall–Kier alpha value is -1.47. The van der Waals surface area contributed by atoms with E-state index in [9.17, 15) is 4.39 Å². The first-order valence-electron chi connectivity index (χ1n) is 6.06. The van der Waals surface area contributed by atoms with Crippen molar-refractivity contribution in [1.29, 1.82) is 0 Å². The summed E-state index contributed by atoms with van der Waals surface area (Å²) in [5.41, 5.74) is 0.702. The van der Waals surface area contributed by atoms with E-state index in [1.807, 2.05) is 13.1 Å². The normalized spacial score (nSPS) is 10.8. The highest BCUT2D eigenvalue weighted by Gasteiger charge is 2.02. The Labute approximate surface area is 115 Å². The van der Waals surface area contributed by atoms with E-state index in [0.29, 0.717) is 12.1 Å². The summed E-state index contributed by atoms with van der Waals surface area (Å²) in [4.78, 5) is 0. The second-order valence-electron chi connectivity index (χ2n) is 4.06. The molecule has 1 heterocycles. The van der Waals surface area contributed by atoms with Crippen LogP contribution in [-0.4, -0.2) is 32.5 Å². The summed E-state index contributed by atoms with van der Waals surface area (Å²) in [5.74, 6) is 0.771. The largest absolute Gasteiger partial charge is 0.313 e. The summed E-state index contributed by atoms with van der Waals surface area (Å²) >= 11 is 1.62. The van der Waals surface area contributed by atoms with E-state index in [4.69, 9.17) is 0 Å². The van der Waals surface area contributed by atoms with E-state index < -0.39 is 0 Å². The summed E-state index contributed by atoms with van der Waals surface area (Å²) in [6.45, 7) is 1.40. The van der Waals surface area contributed by atoms with E-state index in [-0.39, 0.29) is 5.82 Å². The molecule has 1 N–H and O–H groups in total. The van der Waals surface area contributed by atoms with Crippen molar-refractivity contribution in [2.24, 2.45) is 7.05 Å². The molecule has 0 fully saturated rings. The number of nitrogens with zero attached hydrogens (tertiary/aromatic N) is 4. The van der Waals surface area contributed by atoms with E-state index in [1.165, 1.54) is 6.07 Å². The maximum Gasteiger partial charge on any atom is 0.209 e. The van der Waals surface area contributed by atoms with E-state index in [0.717, 1.165) is 23.9 Å². The predicted molar refractivity (Wildman–Crippen MR) is 72.2 cm³/mol. The van der Waals surface area contributed by atoms with Gasteiger partial charge in [0.2, 0.25) is 5.16 Å². The SMILES string of the molecule is Cn1nnnc1SCCCNCc1ccccc1F. The van der Waals surface area contributed by atoms with Crippen molar-refractivity contribution in [1.82, 2.24) is 25.5 Å². The highest BCUT2D eigenvalue weighted by molar-refractivity contribution is 7.99. The van der Waals surface area contributed by atoms with Gasteiger partial charge in [0.25, 0.3) is 0 Å². The molecule has 1 aromatic carbocycles. The molecular formula is C12H16FN5S. The van der Waals surface area contributed by atoms with Crippen molar-refractivity contribution < 1.29 is 4.39 Å². The van der Waals surface area contributed by atoms with Crippen LogP contribution in [0.3, 0.4) is 0 Å². The van der Waals surface area contributed by atoms with Crippen LogP contribution in [0.5, 0.6) is 0 Å². The van der Waals surface area contributed by atoms with E-state index in [2.05, 4.69) is 20.8 Å². The number of hydrogen-bond acceptors (Lipinski definition) is 5. The molecule has 0 saturated carbocycles. The van der Waals surface area contributed by atoms with Gasteiger partial charge in [0.1, 0.15) is 5.82 Å². The summed E-state index contributed by atoms with van der Waals surface area (Å²) in [5, 5.41) is 15.3. The molecule has 0 spiro atoms. The van der Waals surface area contributed by atoms with Crippen molar-refractivity contribution in [2.45, 2.75) is 18.1 Å². The number of nitrogens with one attached hydrogen (secondary N) is 1. The van der Waals surface area contributed by atoms with Crippen LogP contribution in [0.1, 0.15) is 12.0 Å². The Morgan fingerprint density at radius 3 is 2.95 bits per heavy atom. The molecule has 2 rings (SSSR count). The molecule has 1 aromatic heterocycles. The lowest BCUT2D eigenvalue weighted by molar-refractivity contribution is 0.587. The van der Waals surface area contributed by atoms with Crippen LogP contribution in [0.25, 0.3) is 0 Å². The molecule has 2 aromatic rings. The summed E-state index contributed by atoms with van der Waals surface area (Å²) in [6.07, 6.45) is 0.978. The fraction of sp³-hybridized carbons (Fsp3) is 0.417. The lowest BCUT2D eigenvalue weighted by Crippen LogP contribution is -2.16. The predicted octanol–water partition coefficient (Wildman–Crippen LogP) is 1.62. The number of thioether (sulfide) groups is 1. The standard InChI is InChI=1S/C12H16FN5S/c1-18-12(15-16-17-18)19-8-4-7-14-9-10-5-2-3-6-11(10)13/h2-3,5-6,14H,4,7-9H2,1H3. The average molecular weight is 281 g/mol. The van der Waals surface area contributed by atoms with Crippen LogP contribution in [-0.2, 0) is 13.6 Å². The minimum Gasteiger partial charge on any atom is -0.313 e. The molecule has 7 heteroatoms. The number of rotatable bonds is 7. The third-order valence-electron chi connectivity index (χ3n) is 2.58. The minimum absolute atomic E-state index is 0.158. The maximum atomic E-state index is 13.3. The molecular weight excluding hydrogens is 265 g/mol. The first-order valence-corrected chi connectivity index (χ1v) is 7.05. The fourth-order valence-corrected chi connectivity index (χ4v) is 2.36. The van der Waals surface area contributed by atoms with Crippen molar-refractivity contribution in [3.8, 4) is 0 Å². The highest BCUT2D eigenvalue weighted by Crippen LogP contribution is 2.12. The fourth-order valence-electron chi connectivity index (χ4n) is 1.57. The lowest BCUT2D eigenvalue weighted by Gasteiger charge is -2.05. The molecule has 0 aliphatic carbocycles. The number of aromatic nitrogens is 4.